The molecule has 0 saturated heterocycles. The molecule has 20 heavy (non-hydrogen) atoms. The maximum absolute atomic E-state index is 13.8. The molecule has 0 spiro atoms. The van der Waals surface area contributed by atoms with Gasteiger partial charge in [-0.2, -0.15) is 0 Å². The second-order valence-corrected chi connectivity index (χ2v) is 6.18. The summed E-state index contributed by atoms with van der Waals surface area (Å²) in [5.74, 6) is -0.757. The van der Waals surface area contributed by atoms with Crippen molar-refractivity contribution in [3.05, 3.63) is 65.2 Å². The van der Waals surface area contributed by atoms with Gasteiger partial charge in [0.2, 0.25) is 0 Å². The molecule has 0 fully saturated rings. The molecule has 0 aromatic heterocycles. The Bertz CT molecular complexity index is 630. The van der Waals surface area contributed by atoms with E-state index in [2.05, 4.69) is 17.4 Å². The number of thioether (sulfide) groups is 1. The van der Waals surface area contributed by atoms with Crippen molar-refractivity contribution in [2.45, 2.75) is 22.6 Å². The number of halogens is 2. The highest BCUT2D eigenvalue weighted by atomic mass is 32.2. The lowest BCUT2D eigenvalue weighted by molar-refractivity contribution is 0.572. The van der Waals surface area contributed by atoms with E-state index in [1.165, 1.54) is 35.0 Å². The smallest absolute Gasteiger partial charge is 0.136 e. The van der Waals surface area contributed by atoms with Crippen LogP contribution in [0.1, 0.15) is 17.2 Å². The largest absolute Gasteiger partial charge is 0.312 e. The molecule has 1 aliphatic rings. The van der Waals surface area contributed by atoms with Crippen LogP contribution in [0, 0.1) is 11.6 Å². The van der Waals surface area contributed by atoms with E-state index >= 15 is 0 Å². The highest BCUT2D eigenvalue weighted by Gasteiger charge is 2.32. The zero-order valence-corrected chi connectivity index (χ0v) is 11.9. The van der Waals surface area contributed by atoms with E-state index in [4.69, 9.17) is 0 Å². The quantitative estimate of drug-likeness (QED) is 0.919. The molecule has 1 aliphatic carbocycles. The lowest BCUT2D eigenvalue weighted by atomic mass is 10.1. The van der Waals surface area contributed by atoms with Crippen LogP contribution in [-0.2, 0) is 6.42 Å². The maximum atomic E-state index is 13.8. The Morgan fingerprint density at radius 3 is 2.75 bits per heavy atom. The van der Waals surface area contributed by atoms with Crippen molar-refractivity contribution >= 4 is 11.8 Å². The molecule has 0 bridgehead atoms. The van der Waals surface area contributed by atoms with Gasteiger partial charge >= 0.3 is 0 Å². The van der Waals surface area contributed by atoms with Gasteiger partial charge in [-0.3, -0.25) is 0 Å². The highest BCUT2D eigenvalue weighted by molar-refractivity contribution is 8.00. The van der Waals surface area contributed by atoms with Crippen LogP contribution < -0.4 is 5.32 Å². The molecule has 2 aromatic rings. The third kappa shape index (κ3) is 2.45. The van der Waals surface area contributed by atoms with Crippen molar-refractivity contribution in [3.8, 4) is 0 Å². The van der Waals surface area contributed by atoms with Crippen LogP contribution >= 0.6 is 11.8 Å². The van der Waals surface area contributed by atoms with Gasteiger partial charge < -0.3 is 5.32 Å². The third-order valence-corrected chi connectivity index (χ3v) is 4.97. The predicted molar refractivity (Wildman–Crippen MR) is 77.9 cm³/mol. The van der Waals surface area contributed by atoms with E-state index in [9.17, 15) is 8.78 Å². The molecule has 0 saturated carbocycles. The number of benzene rings is 2. The molecule has 2 unspecified atom stereocenters. The minimum atomic E-state index is -0.398. The average molecular weight is 291 g/mol. The molecular formula is C16H15F2NS. The fourth-order valence-electron chi connectivity index (χ4n) is 2.74. The maximum Gasteiger partial charge on any atom is 0.136 e. The molecular weight excluding hydrogens is 276 g/mol. The van der Waals surface area contributed by atoms with E-state index in [1.54, 1.807) is 0 Å². The topological polar surface area (TPSA) is 12.0 Å². The summed E-state index contributed by atoms with van der Waals surface area (Å²) in [5.41, 5.74) is 2.53. The Morgan fingerprint density at radius 1 is 1.15 bits per heavy atom. The van der Waals surface area contributed by atoms with Gasteiger partial charge in [0.1, 0.15) is 11.6 Å². The van der Waals surface area contributed by atoms with Crippen molar-refractivity contribution in [2.24, 2.45) is 0 Å². The summed E-state index contributed by atoms with van der Waals surface area (Å²) < 4.78 is 27.0. The van der Waals surface area contributed by atoms with Crippen LogP contribution in [0.15, 0.2) is 47.4 Å². The second-order valence-electron chi connectivity index (χ2n) is 4.90. The van der Waals surface area contributed by atoms with Gasteiger partial charge in [-0.1, -0.05) is 24.3 Å². The number of nitrogens with one attached hydrogen (secondary N) is 1. The van der Waals surface area contributed by atoms with E-state index in [0.29, 0.717) is 4.90 Å². The fourth-order valence-corrected chi connectivity index (χ4v) is 4.11. The standard InChI is InChI=1S/C16H15F2NS/c1-19-16-12-5-3-2-4-10(12)8-15(16)20-14-9-11(17)6-7-13(14)18/h2-7,9,15-16,19H,8H2,1H3. The van der Waals surface area contributed by atoms with Crippen LogP contribution in [0.25, 0.3) is 0 Å². The van der Waals surface area contributed by atoms with E-state index < -0.39 is 5.82 Å². The second kappa shape index (κ2) is 5.54. The summed E-state index contributed by atoms with van der Waals surface area (Å²) in [6.45, 7) is 0. The van der Waals surface area contributed by atoms with Crippen LogP contribution in [0.4, 0.5) is 8.78 Å². The first-order chi connectivity index (χ1) is 9.69. The fraction of sp³-hybridized carbons (Fsp3) is 0.250. The van der Waals surface area contributed by atoms with Gasteiger partial charge in [-0.15, -0.1) is 11.8 Å². The Kier molecular flexibility index (Phi) is 3.76. The Balaban J connectivity index is 1.87. The molecule has 3 rings (SSSR count). The molecule has 0 radical (unpaired) electrons. The van der Waals surface area contributed by atoms with Crippen molar-refractivity contribution < 1.29 is 8.78 Å². The van der Waals surface area contributed by atoms with E-state index in [0.717, 1.165) is 12.5 Å². The monoisotopic (exact) mass is 291 g/mol. The van der Waals surface area contributed by atoms with Crippen LogP contribution in [0.2, 0.25) is 0 Å². The summed E-state index contributed by atoms with van der Waals surface area (Å²) in [6.07, 6.45) is 0.863. The van der Waals surface area contributed by atoms with Gasteiger partial charge in [0.15, 0.2) is 0 Å². The summed E-state index contributed by atoms with van der Waals surface area (Å²) in [5, 5.41) is 3.46. The third-order valence-electron chi connectivity index (χ3n) is 3.67. The van der Waals surface area contributed by atoms with Crippen molar-refractivity contribution in [1.82, 2.24) is 5.32 Å². The zero-order chi connectivity index (χ0) is 14.1. The molecule has 2 atom stereocenters. The van der Waals surface area contributed by atoms with E-state index in [-0.39, 0.29) is 17.1 Å². The van der Waals surface area contributed by atoms with E-state index in [1.807, 2.05) is 19.2 Å². The van der Waals surface area contributed by atoms with Crippen molar-refractivity contribution in [2.75, 3.05) is 7.05 Å². The molecule has 0 amide bonds. The minimum Gasteiger partial charge on any atom is -0.312 e. The van der Waals surface area contributed by atoms with Gasteiger partial charge in [0.25, 0.3) is 0 Å². The lowest BCUT2D eigenvalue weighted by Gasteiger charge is -2.19. The minimum absolute atomic E-state index is 0.166. The number of hydrogen-bond acceptors (Lipinski definition) is 2. The summed E-state index contributed by atoms with van der Waals surface area (Å²) in [4.78, 5) is 0.378. The summed E-state index contributed by atoms with van der Waals surface area (Å²) in [7, 11) is 1.91. The Morgan fingerprint density at radius 2 is 1.95 bits per heavy atom. The SMILES string of the molecule is CNC1c2ccccc2CC1Sc1cc(F)ccc1F. The molecule has 0 aliphatic heterocycles. The first-order valence-electron chi connectivity index (χ1n) is 6.56. The molecule has 1 N–H and O–H groups in total. The summed E-state index contributed by atoms with van der Waals surface area (Å²) >= 11 is 1.40. The first-order valence-corrected chi connectivity index (χ1v) is 7.44. The van der Waals surface area contributed by atoms with Gasteiger partial charge in [-0.25, -0.2) is 8.78 Å². The molecule has 0 heterocycles. The zero-order valence-electron chi connectivity index (χ0n) is 11.1. The van der Waals surface area contributed by atoms with Crippen molar-refractivity contribution in [3.63, 3.8) is 0 Å². The predicted octanol–water partition coefficient (Wildman–Crippen LogP) is 3.94. The molecule has 4 heteroatoms. The Hall–Kier alpha value is -1.39. The normalized spacial score (nSPS) is 20.9. The number of hydrogen-bond donors (Lipinski definition) is 1. The lowest BCUT2D eigenvalue weighted by Crippen LogP contribution is -2.23. The molecule has 104 valence electrons. The first kappa shape index (κ1) is 13.6. The molecule has 2 aromatic carbocycles. The summed E-state index contributed by atoms with van der Waals surface area (Å²) in [6, 6.07) is 12.0. The van der Waals surface area contributed by atoms with Gasteiger partial charge in [0.05, 0.1) is 0 Å². The number of rotatable bonds is 3. The molecule has 1 nitrogen and oxygen atoms in total. The average Bonchev–Trinajstić information content (AvgIpc) is 2.80. The van der Waals surface area contributed by atoms with Crippen LogP contribution in [0.3, 0.4) is 0 Å². The van der Waals surface area contributed by atoms with Crippen LogP contribution in [-0.4, -0.2) is 12.3 Å². The van der Waals surface area contributed by atoms with Crippen molar-refractivity contribution in [1.29, 1.82) is 0 Å². The van der Waals surface area contributed by atoms with Gasteiger partial charge in [-0.05, 0) is 42.8 Å². The highest BCUT2D eigenvalue weighted by Crippen LogP contribution is 2.41. The number of fused-ring (bicyclic) bond motifs is 1. The van der Waals surface area contributed by atoms with Crippen LogP contribution in [0.5, 0.6) is 0 Å². The Labute approximate surface area is 121 Å². The van der Waals surface area contributed by atoms with Gasteiger partial charge in [0, 0.05) is 16.2 Å².